The molecular formula is C19H24N2O2. The lowest BCUT2D eigenvalue weighted by molar-refractivity contribution is 0.142. The Morgan fingerprint density at radius 3 is 2.83 bits per heavy atom. The van der Waals surface area contributed by atoms with E-state index < -0.39 is 0 Å². The lowest BCUT2D eigenvalue weighted by Crippen LogP contribution is -2.43. The highest BCUT2D eigenvalue weighted by Gasteiger charge is 2.16. The average Bonchev–Trinajstić information content (AvgIpc) is 2.83. The van der Waals surface area contributed by atoms with Gasteiger partial charge in [-0.2, -0.15) is 0 Å². The van der Waals surface area contributed by atoms with Crippen LogP contribution in [0.4, 0.5) is 4.79 Å². The van der Waals surface area contributed by atoms with Crippen LogP contribution in [-0.4, -0.2) is 25.3 Å². The monoisotopic (exact) mass is 312 g/mol. The molecule has 1 aliphatic heterocycles. The number of nitrogens with one attached hydrogen (secondary N) is 2. The van der Waals surface area contributed by atoms with Crippen molar-refractivity contribution in [1.29, 1.82) is 0 Å². The lowest BCUT2D eigenvalue weighted by atomic mass is 10.0. The van der Waals surface area contributed by atoms with Crippen LogP contribution in [0.25, 0.3) is 10.8 Å². The molecule has 0 radical (unpaired) electrons. The van der Waals surface area contributed by atoms with Gasteiger partial charge in [-0.25, -0.2) is 4.79 Å². The highest BCUT2D eigenvalue weighted by Crippen LogP contribution is 2.20. The maximum Gasteiger partial charge on any atom is 0.315 e. The molecule has 4 heteroatoms. The van der Waals surface area contributed by atoms with Crippen LogP contribution >= 0.6 is 0 Å². The first-order valence-electron chi connectivity index (χ1n) is 8.36. The third-order valence-corrected chi connectivity index (χ3v) is 4.41. The maximum absolute atomic E-state index is 12.2. The van der Waals surface area contributed by atoms with E-state index in [1.165, 1.54) is 10.8 Å². The summed E-state index contributed by atoms with van der Waals surface area (Å²) in [5.74, 6) is 0. The van der Waals surface area contributed by atoms with Crippen molar-refractivity contribution in [3.8, 4) is 0 Å². The van der Waals surface area contributed by atoms with Gasteiger partial charge in [0, 0.05) is 19.3 Å². The van der Waals surface area contributed by atoms with Gasteiger partial charge in [0.1, 0.15) is 0 Å². The maximum atomic E-state index is 12.2. The van der Waals surface area contributed by atoms with Gasteiger partial charge in [-0.1, -0.05) is 36.4 Å². The Balaban J connectivity index is 1.60. The number of carbonyl (C=O) groups is 1. The van der Waals surface area contributed by atoms with Crippen LogP contribution in [0, 0.1) is 0 Å². The van der Waals surface area contributed by atoms with E-state index in [1.807, 2.05) is 19.1 Å². The van der Waals surface area contributed by atoms with Crippen LogP contribution in [0.15, 0.2) is 42.5 Å². The minimum atomic E-state index is -0.0995. The molecule has 0 aliphatic carbocycles. The van der Waals surface area contributed by atoms with E-state index in [0.717, 1.165) is 38.0 Å². The Morgan fingerprint density at radius 1 is 1.13 bits per heavy atom. The van der Waals surface area contributed by atoms with Gasteiger partial charge in [0.25, 0.3) is 0 Å². The summed E-state index contributed by atoms with van der Waals surface area (Å²) in [6, 6.07) is 14.7. The number of rotatable bonds is 3. The molecule has 23 heavy (non-hydrogen) atoms. The molecular weight excluding hydrogens is 288 g/mol. The van der Waals surface area contributed by atoms with Crippen LogP contribution in [-0.2, 0) is 4.74 Å². The Labute approximate surface area is 137 Å². The molecule has 2 aromatic carbocycles. The minimum absolute atomic E-state index is 0.0263. The molecule has 2 atom stereocenters. The summed E-state index contributed by atoms with van der Waals surface area (Å²) in [6.45, 7) is 3.54. The summed E-state index contributed by atoms with van der Waals surface area (Å²) in [6.07, 6.45) is 2.88. The zero-order valence-electron chi connectivity index (χ0n) is 13.5. The van der Waals surface area contributed by atoms with Gasteiger partial charge < -0.3 is 15.4 Å². The first-order valence-corrected chi connectivity index (χ1v) is 8.36. The minimum Gasteiger partial charge on any atom is -0.381 e. The van der Waals surface area contributed by atoms with Gasteiger partial charge >= 0.3 is 6.03 Å². The van der Waals surface area contributed by atoms with E-state index in [0.29, 0.717) is 0 Å². The van der Waals surface area contributed by atoms with Crippen molar-refractivity contribution in [3.05, 3.63) is 48.0 Å². The predicted molar refractivity (Wildman–Crippen MR) is 92.5 cm³/mol. The molecule has 0 aromatic heterocycles. The molecule has 1 aliphatic rings. The smallest absolute Gasteiger partial charge is 0.315 e. The van der Waals surface area contributed by atoms with Gasteiger partial charge in [0.2, 0.25) is 0 Å². The molecule has 2 amide bonds. The van der Waals surface area contributed by atoms with Gasteiger partial charge in [-0.3, -0.25) is 0 Å². The second-order valence-corrected chi connectivity index (χ2v) is 6.19. The number of hydrogen-bond donors (Lipinski definition) is 2. The van der Waals surface area contributed by atoms with E-state index in [-0.39, 0.29) is 18.1 Å². The van der Waals surface area contributed by atoms with Crippen molar-refractivity contribution in [1.82, 2.24) is 10.6 Å². The number of ether oxygens (including phenoxy) is 1. The molecule has 4 nitrogen and oxygen atoms in total. The zero-order chi connectivity index (χ0) is 16.1. The van der Waals surface area contributed by atoms with Crippen molar-refractivity contribution in [2.45, 2.75) is 38.3 Å². The van der Waals surface area contributed by atoms with E-state index >= 15 is 0 Å². The van der Waals surface area contributed by atoms with Crippen molar-refractivity contribution < 1.29 is 9.53 Å². The van der Waals surface area contributed by atoms with Gasteiger partial charge in [-0.05, 0) is 48.6 Å². The van der Waals surface area contributed by atoms with E-state index in [1.54, 1.807) is 0 Å². The summed E-state index contributed by atoms with van der Waals surface area (Å²) >= 11 is 0. The Morgan fingerprint density at radius 2 is 1.96 bits per heavy atom. The molecule has 2 N–H and O–H groups in total. The van der Waals surface area contributed by atoms with Crippen molar-refractivity contribution in [3.63, 3.8) is 0 Å². The highest BCUT2D eigenvalue weighted by molar-refractivity contribution is 5.83. The molecule has 1 fully saturated rings. The Kier molecular flexibility index (Phi) is 5.13. The standard InChI is InChI=1S/C19H24N2O2/c1-14(16-9-8-15-5-2-3-6-17(15)13-16)20-19(22)21-18-7-4-11-23-12-10-18/h2-3,5-6,8-9,13-14,18H,4,7,10-12H2,1H3,(H2,20,21,22)/t14-,18-/m1/s1. The topological polar surface area (TPSA) is 50.4 Å². The van der Waals surface area contributed by atoms with Gasteiger partial charge in [0.15, 0.2) is 0 Å². The third kappa shape index (κ3) is 4.23. The Bertz CT molecular complexity index is 663. The SMILES string of the molecule is C[C@@H](NC(=O)N[C@@H]1CCCOCC1)c1ccc2ccccc2c1. The second kappa shape index (κ2) is 7.47. The molecule has 0 spiro atoms. The molecule has 2 aromatic rings. The van der Waals surface area contributed by atoms with Crippen LogP contribution in [0.5, 0.6) is 0 Å². The van der Waals surface area contributed by atoms with Gasteiger partial charge in [-0.15, -0.1) is 0 Å². The number of hydrogen-bond acceptors (Lipinski definition) is 2. The largest absolute Gasteiger partial charge is 0.381 e. The Hall–Kier alpha value is -2.07. The van der Waals surface area contributed by atoms with E-state index in [2.05, 4.69) is 41.0 Å². The molecule has 3 rings (SSSR count). The number of carbonyl (C=O) groups excluding carboxylic acids is 1. The molecule has 122 valence electrons. The summed E-state index contributed by atoms with van der Waals surface area (Å²) < 4.78 is 5.43. The average molecular weight is 312 g/mol. The van der Waals surface area contributed by atoms with E-state index in [9.17, 15) is 4.79 Å². The van der Waals surface area contributed by atoms with Crippen LogP contribution in [0.3, 0.4) is 0 Å². The molecule has 0 saturated carbocycles. The zero-order valence-corrected chi connectivity index (χ0v) is 13.5. The second-order valence-electron chi connectivity index (χ2n) is 6.19. The first-order chi connectivity index (χ1) is 11.2. The van der Waals surface area contributed by atoms with Crippen molar-refractivity contribution in [2.24, 2.45) is 0 Å². The predicted octanol–water partition coefficient (Wildman–Crippen LogP) is 3.77. The van der Waals surface area contributed by atoms with Crippen LogP contribution in [0.1, 0.15) is 37.8 Å². The molecule has 0 unspecified atom stereocenters. The summed E-state index contributed by atoms with van der Waals surface area (Å²) in [5, 5.41) is 8.51. The number of urea groups is 1. The van der Waals surface area contributed by atoms with Crippen LogP contribution in [0.2, 0.25) is 0 Å². The summed E-state index contributed by atoms with van der Waals surface area (Å²) in [4.78, 5) is 12.2. The highest BCUT2D eigenvalue weighted by atomic mass is 16.5. The van der Waals surface area contributed by atoms with Crippen LogP contribution < -0.4 is 10.6 Å². The molecule has 1 saturated heterocycles. The fourth-order valence-corrected chi connectivity index (χ4v) is 3.03. The normalized spacial score (nSPS) is 19.8. The van der Waals surface area contributed by atoms with E-state index in [4.69, 9.17) is 4.74 Å². The fraction of sp³-hybridized carbons (Fsp3) is 0.421. The quantitative estimate of drug-likeness (QED) is 0.906. The molecule has 0 bridgehead atoms. The van der Waals surface area contributed by atoms with Crippen molar-refractivity contribution in [2.75, 3.05) is 13.2 Å². The summed E-state index contributed by atoms with van der Waals surface area (Å²) in [7, 11) is 0. The van der Waals surface area contributed by atoms with Crippen molar-refractivity contribution >= 4 is 16.8 Å². The number of amides is 2. The number of benzene rings is 2. The molecule has 1 heterocycles. The summed E-state index contributed by atoms with van der Waals surface area (Å²) in [5.41, 5.74) is 1.11. The number of fused-ring (bicyclic) bond motifs is 1. The fourth-order valence-electron chi connectivity index (χ4n) is 3.03. The van der Waals surface area contributed by atoms with Gasteiger partial charge in [0.05, 0.1) is 6.04 Å². The first kappa shape index (κ1) is 15.8. The third-order valence-electron chi connectivity index (χ3n) is 4.41. The lowest BCUT2D eigenvalue weighted by Gasteiger charge is -2.20.